The molecule has 2 rings (SSSR count). The van der Waals surface area contributed by atoms with Crippen LogP contribution in [0.1, 0.15) is 5.56 Å². The van der Waals surface area contributed by atoms with E-state index in [1.54, 1.807) is 45.5 Å². The molecule has 164 valence electrons. The molecule has 2 aromatic rings. The molecule has 0 saturated carbocycles. The van der Waals surface area contributed by atoms with Gasteiger partial charge in [0.2, 0.25) is 0 Å². The van der Waals surface area contributed by atoms with Gasteiger partial charge in [-0.05, 0) is 29.8 Å². The summed E-state index contributed by atoms with van der Waals surface area (Å²) in [6, 6.07) is 10.0. The van der Waals surface area contributed by atoms with Gasteiger partial charge in [-0.25, -0.2) is 0 Å². The Morgan fingerprint density at radius 1 is 0.900 bits per heavy atom. The van der Waals surface area contributed by atoms with Crippen LogP contribution in [0.2, 0.25) is 0 Å². The number of halogens is 3. The fourth-order valence-corrected chi connectivity index (χ4v) is 2.52. The predicted octanol–water partition coefficient (Wildman–Crippen LogP) is 3.84. The van der Waals surface area contributed by atoms with E-state index in [1.807, 2.05) is 6.07 Å². The van der Waals surface area contributed by atoms with Gasteiger partial charge in [-0.2, -0.15) is 13.2 Å². The summed E-state index contributed by atoms with van der Waals surface area (Å²) >= 11 is 0. The number of ether oxygens (including phenoxy) is 4. The van der Waals surface area contributed by atoms with Crippen molar-refractivity contribution >= 4 is 11.6 Å². The molecule has 0 fully saturated rings. The van der Waals surface area contributed by atoms with Crippen molar-refractivity contribution in [2.75, 3.05) is 40.3 Å². The summed E-state index contributed by atoms with van der Waals surface area (Å²) in [7, 11) is 6.08. The Morgan fingerprint density at radius 2 is 1.53 bits per heavy atom. The van der Waals surface area contributed by atoms with E-state index in [1.165, 1.54) is 13.2 Å². The van der Waals surface area contributed by atoms with Crippen LogP contribution in [0.25, 0.3) is 0 Å². The molecule has 0 radical (unpaired) electrons. The number of benzene rings is 2. The first-order valence-corrected chi connectivity index (χ1v) is 8.85. The van der Waals surface area contributed by atoms with Crippen molar-refractivity contribution in [1.82, 2.24) is 5.32 Å². The van der Waals surface area contributed by atoms with E-state index in [4.69, 9.17) is 18.9 Å². The van der Waals surface area contributed by atoms with Crippen molar-refractivity contribution in [2.45, 2.75) is 12.7 Å². The molecule has 0 unspecified atom stereocenters. The minimum Gasteiger partial charge on any atom is -0.493 e. The first-order valence-electron chi connectivity index (χ1n) is 8.85. The number of guanidine groups is 1. The number of aliphatic imine (C=N–C) groups is 1. The van der Waals surface area contributed by atoms with Crippen LogP contribution >= 0.6 is 0 Å². The molecule has 0 atom stereocenters. The van der Waals surface area contributed by atoms with Gasteiger partial charge in [0.05, 0.1) is 21.3 Å². The zero-order valence-corrected chi connectivity index (χ0v) is 17.1. The number of nitrogens with one attached hydrogen (secondary N) is 2. The molecule has 2 N–H and O–H groups in total. The summed E-state index contributed by atoms with van der Waals surface area (Å²) in [4.78, 5) is 4.15. The average Bonchev–Trinajstić information content (AvgIpc) is 2.74. The molecule has 0 aliphatic rings. The molecular weight excluding hydrogens is 403 g/mol. The van der Waals surface area contributed by atoms with Crippen molar-refractivity contribution in [3.63, 3.8) is 0 Å². The first-order chi connectivity index (χ1) is 14.3. The van der Waals surface area contributed by atoms with Crippen LogP contribution in [0.15, 0.2) is 41.4 Å². The van der Waals surface area contributed by atoms with Gasteiger partial charge in [0.15, 0.2) is 35.6 Å². The third kappa shape index (κ3) is 6.64. The summed E-state index contributed by atoms with van der Waals surface area (Å²) in [5.74, 6) is 1.88. The first kappa shape index (κ1) is 23.0. The number of rotatable bonds is 8. The molecule has 7 nitrogen and oxygen atoms in total. The molecule has 0 aromatic heterocycles. The SMILES string of the molecule is CN=C(NCc1ccc(OCC(F)(F)F)c(OC)c1)Nc1ccc(OC)c(OC)c1. The van der Waals surface area contributed by atoms with Crippen LogP contribution in [0, 0.1) is 0 Å². The second-order valence-corrected chi connectivity index (χ2v) is 6.01. The Kier molecular flexibility index (Phi) is 8.02. The monoisotopic (exact) mass is 427 g/mol. The zero-order valence-electron chi connectivity index (χ0n) is 17.1. The Balaban J connectivity index is 2.02. The average molecular weight is 427 g/mol. The van der Waals surface area contributed by atoms with Crippen LogP contribution in [0.3, 0.4) is 0 Å². The van der Waals surface area contributed by atoms with E-state index >= 15 is 0 Å². The topological polar surface area (TPSA) is 73.3 Å². The lowest BCUT2D eigenvalue weighted by Gasteiger charge is -2.16. The highest BCUT2D eigenvalue weighted by Gasteiger charge is 2.29. The van der Waals surface area contributed by atoms with Crippen LogP contribution in [-0.4, -0.2) is 47.1 Å². The predicted molar refractivity (Wildman–Crippen MR) is 108 cm³/mol. The maximum absolute atomic E-state index is 12.4. The standard InChI is InChI=1S/C20H24F3N3O4/c1-24-19(26-14-6-8-15(27-2)18(10-14)29-4)25-11-13-5-7-16(17(9-13)28-3)30-12-20(21,22)23/h5-10H,11-12H2,1-4H3,(H2,24,25,26). The molecule has 0 aliphatic heterocycles. The zero-order chi connectivity index (χ0) is 22.1. The molecule has 0 saturated heterocycles. The van der Waals surface area contributed by atoms with Crippen molar-refractivity contribution in [1.29, 1.82) is 0 Å². The van der Waals surface area contributed by atoms with E-state index in [0.717, 1.165) is 11.3 Å². The number of anilines is 1. The lowest BCUT2D eigenvalue weighted by molar-refractivity contribution is -0.153. The van der Waals surface area contributed by atoms with Crippen LogP contribution in [0.5, 0.6) is 23.0 Å². The number of hydrogen-bond donors (Lipinski definition) is 2. The van der Waals surface area contributed by atoms with E-state index in [-0.39, 0.29) is 11.5 Å². The molecular formula is C20H24F3N3O4. The third-order valence-electron chi connectivity index (χ3n) is 3.95. The maximum atomic E-state index is 12.4. The highest BCUT2D eigenvalue weighted by atomic mass is 19.4. The van der Waals surface area contributed by atoms with Crippen molar-refractivity contribution < 1.29 is 32.1 Å². The summed E-state index contributed by atoms with van der Waals surface area (Å²) in [6.45, 7) is -1.04. The molecule has 0 bridgehead atoms. The van der Waals surface area contributed by atoms with E-state index in [2.05, 4.69) is 15.6 Å². The fraction of sp³-hybridized carbons (Fsp3) is 0.350. The number of alkyl halides is 3. The quantitative estimate of drug-likeness (QED) is 0.493. The number of nitrogens with zero attached hydrogens (tertiary/aromatic N) is 1. The Bertz CT molecular complexity index is 873. The molecule has 0 amide bonds. The molecule has 0 heterocycles. The van der Waals surface area contributed by atoms with Crippen molar-refractivity contribution in [3.05, 3.63) is 42.0 Å². The van der Waals surface area contributed by atoms with Gasteiger partial charge in [-0.15, -0.1) is 0 Å². The second kappa shape index (κ2) is 10.5. The van der Waals surface area contributed by atoms with Crippen molar-refractivity contribution in [3.8, 4) is 23.0 Å². The molecule has 30 heavy (non-hydrogen) atoms. The number of methoxy groups -OCH3 is 3. The maximum Gasteiger partial charge on any atom is 0.422 e. The summed E-state index contributed by atoms with van der Waals surface area (Å²) in [5, 5.41) is 6.24. The van der Waals surface area contributed by atoms with Crippen LogP contribution < -0.4 is 29.6 Å². The van der Waals surface area contributed by atoms with Gasteiger partial charge in [0, 0.05) is 25.3 Å². The molecule has 2 aromatic carbocycles. The minimum absolute atomic E-state index is 0.0198. The Labute approximate surface area is 172 Å². The molecule has 0 aliphatic carbocycles. The van der Waals surface area contributed by atoms with Crippen LogP contribution in [0.4, 0.5) is 18.9 Å². The van der Waals surface area contributed by atoms with Gasteiger partial charge in [0.1, 0.15) is 0 Å². The third-order valence-corrected chi connectivity index (χ3v) is 3.95. The highest BCUT2D eigenvalue weighted by molar-refractivity contribution is 5.93. The smallest absolute Gasteiger partial charge is 0.422 e. The largest absolute Gasteiger partial charge is 0.493 e. The van der Waals surface area contributed by atoms with E-state index in [0.29, 0.717) is 24.0 Å². The van der Waals surface area contributed by atoms with E-state index in [9.17, 15) is 13.2 Å². The van der Waals surface area contributed by atoms with Crippen LogP contribution in [-0.2, 0) is 6.54 Å². The minimum atomic E-state index is -4.42. The fourth-order valence-electron chi connectivity index (χ4n) is 2.52. The van der Waals surface area contributed by atoms with Crippen molar-refractivity contribution in [2.24, 2.45) is 4.99 Å². The normalized spacial score (nSPS) is 11.6. The van der Waals surface area contributed by atoms with Gasteiger partial charge < -0.3 is 29.6 Å². The lowest BCUT2D eigenvalue weighted by Crippen LogP contribution is -2.30. The van der Waals surface area contributed by atoms with Gasteiger partial charge in [0.25, 0.3) is 0 Å². The van der Waals surface area contributed by atoms with E-state index < -0.39 is 12.8 Å². The lowest BCUT2D eigenvalue weighted by atomic mass is 10.2. The van der Waals surface area contributed by atoms with Gasteiger partial charge >= 0.3 is 6.18 Å². The molecule has 10 heteroatoms. The Morgan fingerprint density at radius 3 is 2.13 bits per heavy atom. The van der Waals surface area contributed by atoms with Gasteiger partial charge in [-0.3, -0.25) is 4.99 Å². The summed E-state index contributed by atoms with van der Waals surface area (Å²) < 4.78 is 57.5. The molecule has 0 spiro atoms. The Hall–Kier alpha value is -3.30. The second-order valence-electron chi connectivity index (χ2n) is 6.01. The highest BCUT2D eigenvalue weighted by Crippen LogP contribution is 2.31. The van der Waals surface area contributed by atoms with Gasteiger partial charge in [-0.1, -0.05) is 6.07 Å². The summed E-state index contributed by atoms with van der Waals surface area (Å²) in [6.07, 6.45) is -4.42. The summed E-state index contributed by atoms with van der Waals surface area (Å²) in [5.41, 5.74) is 1.50. The number of hydrogen-bond acceptors (Lipinski definition) is 5.